The highest BCUT2D eigenvalue weighted by atomic mass is 16.5. The molecule has 354 valence electrons. The van der Waals surface area contributed by atoms with Crippen molar-refractivity contribution in [1.29, 1.82) is 0 Å². The van der Waals surface area contributed by atoms with E-state index in [0.29, 0.717) is 12.1 Å². The van der Waals surface area contributed by atoms with Crippen molar-refractivity contribution in [3.8, 4) is 0 Å². The van der Waals surface area contributed by atoms with E-state index in [9.17, 15) is 53.1 Å². The lowest BCUT2D eigenvalue weighted by Crippen LogP contribution is -2.72. The lowest BCUT2D eigenvalue weighted by molar-refractivity contribution is -0.167. The molecule has 7 aliphatic rings. The Kier molecular flexibility index (Phi) is 12.0. The Balaban J connectivity index is 0.945. The second-order valence-electron chi connectivity index (χ2n) is 20.0. The molecule has 21 heteroatoms. The molecule has 1 unspecified atom stereocenters. The highest BCUT2D eigenvalue weighted by Crippen LogP contribution is 2.44. The Labute approximate surface area is 380 Å². The lowest BCUT2D eigenvalue weighted by atomic mass is 9.73. The minimum Gasteiger partial charge on any atom is -0.480 e. The van der Waals surface area contributed by atoms with Gasteiger partial charge in [0.05, 0.1) is 18.7 Å². The molecule has 6 aliphatic heterocycles. The summed E-state index contributed by atoms with van der Waals surface area (Å²) in [7, 11) is 0. The molecular weight excluding hydrogens is 859 g/mol. The second-order valence-corrected chi connectivity index (χ2v) is 20.0. The van der Waals surface area contributed by atoms with Crippen molar-refractivity contribution in [3.05, 3.63) is 47.2 Å². The van der Waals surface area contributed by atoms with Crippen LogP contribution in [0, 0.1) is 11.3 Å². The molecule has 7 fully saturated rings. The zero-order valence-electron chi connectivity index (χ0n) is 37.5. The first kappa shape index (κ1) is 46.2. The number of alkyl carbamates (subject to hydrolysis) is 1. The van der Waals surface area contributed by atoms with Crippen molar-refractivity contribution in [2.45, 2.75) is 120 Å². The van der Waals surface area contributed by atoms with E-state index in [1.807, 2.05) is 45.9 Å². The third-order valence-electron chi connectivity index (χ3n) is 14.0. The highest BCUT2D eigenvalue weighted by Gasteiger charge is 2.69. The van der Waals surface area contributed by atoms with E-state index in [2.05, 4.69) is 31.9 Å². The Morgan fingerprint density at radius 3 is 2.17 bits per heavy atom. The summed E-state index contributed by atoms with van der Waals surface area (Å²) in [6.45, 7) is 6.51. The van der Waals surface area contributed by atoms with Crippen molar-refractivity contribution in [3.63, 3.8) is 0 Å². The molecule has 3 spiro atoms. The SMILES string of the molecule is CC(C)CC(NC[C@@H]1NC(=O)[C@@]2(CC3C(=O)N[C@]4(C[C@H]5C(=O)N(CCCNC(=O)OCc6ccccc6)[C@@]6(CN[C@H](C(=O)O)C6)C(=O)N5C4)C(=O)N3C2)NC1=O)=C1C(=O)CC(C)(C)CC1=O. The summed E-state index contributed by atoms with van der Waals surface area (Å²) in [6.07, 6.45) is -0.596. The van der Waals surface area contributed by atoms with Gasteiger partial charge in [0.15, 0.2) is 11.6 Å². The molecule has 0 aromatic heterocycles. The fourth-order valence-corrected chi connectivity index (χ4v) is 10.8. The number of benzene rings is 1. The molecule has 7 N–H and O–H groups in total. The molecule has 7 atom stereocenters. The van der Waals surface area contributed by atoms with Gasteiger partial charge >= 0.3 is 12.1 Å². The number of ketones is 2. The largest absolute Gasteiger partial charge is 0.480 e. The maximum Gasteiger partial charge on any atom is 0.407 e. The number of carbonyl (C=O) groups is 10. The third kappa shape index (κ3) is 8.25. The standard InChI is InChI=1S/C45H57N9O12/c1-24(2)13-26(33-31(55)17-42(3,4)18-32(33)56)47-19-28-34(57)50-43(38(62)49-28)15-29-35(58)51-44(39(63)52(29)22-43)16-30-36(59)54(12-8-11-46-41(65)66-20-25-9-6-5-7-10-25)45(40(64)53(30)23-44)14-27(37(60)61)48-21-45/h5-7,9-10,24,27-30,47-48H,8,11-23H2,1-4H3,(H,46,65)(H,49,62)(H,50,57)(H,51,58)(H,60,61)/t27-,28-,29?,30-,43-,44-,45-/m0/s1. The van der Waals surface area contributed by atoms with Gasteiger partial charge in [0.1, 0.15) is 47.4 Å². The second kappa shape index (κ2) is 17.1. The molecule has 1 aromatic rings. The van der Waals surface area contributed by atoms with Crippen LogP contribution in [0.5, 0.6) is 0 Å². The molecule has 7 amide bonds. The quantitative estimate of drug-likeness (QED) is 0.0722. The first-order valence-corrected chi connectivity index (χ1v) is 22.5. The van der Waals surface area contributed by atoms with Crippen molar-refractivity contribution < 1.29 is 57.8 Å². The lowest BCUT2D eigenvalue weighted by Gasteiger charge is -2.48. The van der Waals surface area contributed by atoms with Crippen molar-refractivity contribution in [2.75, 3.05) is 39.3 Å². The zero-order chi connectivity index (χ0) is 47.5. The van der Waals surface area contributed by atoms with Crippen LogP contribution in [-0.4, -0.2) is 159 Å². The number of allylic oxidation sites excluding steroid dienone is 2. The number of nitrogens with one attached hydrogen (secondary N) is 6. The number of fused-ring (bicyclic) bond motifs is 2. The number of aliphatic carboxylic acids is 1. The van der Waals surface area contributed by atoms with E-state index in [1.165, 1.54) is 14.7 Å². The number of hydrogen-bond acceptors (Lipinski definition) is 13. The summed E-state index contributed by atoms with van der Waals surface area (Å²) in [4.78, 5) is 140. The van der Waals surface area contributed by atoms with E-state index in [0.717, 1.165) is 5.56 Å². The molecule has 21 nitrogen and oxygen atoms in total. The Morgan fingerprint density at radius 2 is 1.50 bits per heavy atom. The number of rotatable bonds is 12. The van der Waals surface area contributed by atoms with Gasteiger partial charge in [0, 0.05) is 64.0 Å². The number of carboxylic acids is 1. The Hall–Kier alpha value is -6.38. The maximum absolute atomic E-state index is 14.7. The maximum atomic E-state index is 14.7. The zero-order valence-corrected chi connectivity index (χ0v) is 37.5. The molecule has 6 heterocycles. The van der Waals surface area contributed by atoms with Gasteiger partial charge in [0.2, 0.25) is 23.6 Å². The van der Waals surface area contributed by atoms with Gasteiger partial charge < -0.3 is 56.4 Å². The number of carbonyl (C=O) groups excluding carboxylic acids is 9. The smallest absolute Gasteiger partial charge is 0.407 e. The average molecular weight is 916 g/mol. The monoisotopic (exact) mass is 915 g/mol. The van der Waals surface area contributed by atoms with Crippen molar-refractivity contribution >= 4 is 59.1 Å². The third-order valence-corrected chi connectivity index (χ3v) is 14.0. The molecule has 8 rings (SSSR count). The van der Waals surface area contributed by atoms with Crippen LogP contribution in [0.4, 0.5) is 4.79 Å². The summed E-state index contributed by atoms with van der Waals surface area (Å²) >= 11 is 0. The number of carboxylic acid groups (broad SMARTS) is 1. The van der Waals surface area contributed by atoms with Crippen LogP contribution in [0.2, 0.25) is 0 Å². The molecule has 6 saturated heterocycles. The number of Topliss-reactive ketones (excluding diaryl/α,β-unsaturated/α-hetero) is 2. The predicted molar refractivity (Wildman–Crippen MR) is 229 cm³/mol. The summed E-state index contributed by atoms with van der Waals surface area (Å²) in [5.41, 5.74) is -4.32. The van der Waals surface area contributed by atoms with Gasteiger partial charge in [-0.1, -0.05) is 58.0 Å². The number of amides is 7. The van der Waals surface area contributed by atoms with Gasteiger partial charge in [0.25, 0.3) is 11.8 Å². The molecule has 0 radical (unpaired) electrons. The molecule has 1 aliphatic carbocycles. The molecule has 1 saturated carbocycles. The molecule has 1 aromatic carbocycles. The van der Waals surface area contributed by atoms with Gasteiger partial charge in [-0.05, 0) is 29.7 Å². The summed E-state index contributed by atoms with van der Waals surface area (Å²) < 4.78 is 5.27. The minimum absolute atomic E-state index is 0.0392. The van der Waals surface area contributed by atoms with Crippen LogP contribution < -0.4 is 31.9 Å². The number of hydrogen-bond donors (Lipinski definition) is 7. The summed E-state index contributed by atoms with van der Waals surface area (Å²) in [5.74, 6) is -5.42. The van der Waals surface area contributed by atoms with Crippen LogP contribution in [-0.2, 0) is 54.5 Å². The summed E-state index contributed by atoms with van der Waals surface area (Å²) in [6, 6.07) is 4.39. The van der Waals surface area contributed by atoms with Crippen LogP contribution in [0.1, 0.15) is 78.2 Å². The van der Waals surface area contributed by atoms with Crippen molar-refractivity contribution in [1.82, 2.24) is 46.6 Å². The first-order chi connectivity index (χ1) is 31.2. The van der Waals surface area contributed by atoms with Gasteiger partial charge in [-0.3, -0.25) is 43.2 Å². The first-order valence-electron chi connectivity index (χ1n) is 22.5. The average Bonchev–Trinajstić information content (AvgIpc) is 3.98. The van der Waals surface area contributed by atoms with Crippen LogP contribution in [0.25, 0.3) is 0 Å². The number of ether oxygens (including phenoxy) is 1. The fourth-order valence-electron chi connectivity index (χ4n) is 10.8. The molecule has 66 heavy (non-hydrogen) atoms. The number of nitrogens with zero attached hydrogens (tertiary/aromatic N) is 3. The molecular formula is C45H57N9O12. The normalized spacial score (nSPS) is 31.3. The molecule has 0 bridgehead atoms. The van der Waals surface area contributed by atoms with E-state index in [4.69, 9.17) is 4.74 Å². The van der Waals surface area contributed by atoms with Crippen LogP contribution >= 0.6 is 0 Å². The van der Waals surface area contributed by atoms with Crippen LogP contribution in [0.3, 0.4) is 0 Å². The van der Waals surface area contributed by atoms with Gasteiger partial charge in [-0.15, -0.1) is 0 Å². The minimum atomic E-state index is -1.78. The Morgan fingerprint density at radius 1 is 0.848 bits per heavy atom. The summed E-state index contributed by atoms with van der Waals surface area (Å²) in [5, 5.41) is 26.8. The van der Waals surface area contributed by atoms with Crippen LogP contribution in [0.15, 0.2) is 41.6 Å². The number of piperazine rings is 3. The van der Waals surface area contributed by atoms with E-state index < -0.39 is 100 Å². The van der Waals surface area contributed by atoms with Crippen molar-refractivity contribution in [2.24, 2.45) is 11.3 Å². The van der Waals surface area contributed by atoms with Gasteiger partial charge in [-0.2, -0.15) is 0 Å². The predicted octanol–water partition coefficient (Wildman–Crippen LogP) is -1.40. The highest BCUT2D eigenvalue weighted by molar-refractivity contribution is 6.22. The van der Waals surface area contributed by atoms with E-state index >= 15 is 0 Å². The van der Waals surface area contributed by atoms with Gasteiger partial charge in [-0.25, -0.2) is 4.79 Å². The Bertz CT molecular complexity index is 2300. The fraction of sp³-hybridized carbons (Fsp3) is 0.600. The van der Waals surface area contributed by atoms with E-state index in [-0.39, 0.29) is 101 Å². The topological polar surface area (TPSA) is 282 Å². The van der Waals surface area contributed by atoms with E-state index in [1.54, 1.807) is 12.1 Å².